The third kappa shape index (κ3) is 4.21. The van der Waals surface area contributed by atoms with Crippen LogP contribution in [-0.2, 0) is 4.79 Å². The van der Waals surface area contributed by atoms with Crippen LogP contribution < -0.4 is 5.43 Å². The van der Waals surface area contributed by atoms with Gasteiger partial charge < -0.3 is 4.42 Å². The maximum Gasteiger partial charge on any atom is 0.257 e. The number of hydrogen-bond acceptors (Lipinski definition) is 5. The molecule has 1 N–H and O–H groups in total. The van der Waals surface area contributed by atoms with Gasteiger partial charge >= 0.3 is 0 Å². The zero-order valence-corrected chi connectivity index (χ0v) is 14.6. The largest absolute Gasteiger partial charge is 0.431 e. The fourth-order valence-corrected chi connectivity index (χ4v) is 2.87. The summed E-state index contributed by atoms with van der Waals surface area (Å²) in [6.07, 6.45) is 1.44. The van der Waals surface area contributed by atoms with Gasteiger partial charge in [-0.05, 0) is 45.8 Å². The first-order chi connectivity index (χ1) is 11.6. The number of nitrogens with zero attached hydrogens (tertiary/aromatic N) is 2. The lowest BCUT2D eigenvalue weighted by atomic mass is 10.2. The van der Waals surface area contributed by atoms with Crippen LogP contribution in [0.5, 0.6) is 0 Å². The molecule has 1 heterocycles. The Balaban J connectivity index is 1.51. The Bertz CT molecular complexity index is 880. The zero-order chi connectivity index (χ0) is 16.9. The molecule has 3 rings (SSSR count). The summed E-state index contributed by atoms with van der Waals surface area (Å²) in [6.45, 7) is 0. The van der Waals surface area contributed by atoms with Crippen LogP contribution in [0.1, 0.15) is 5.56 Å². The Morgan fingerprint density at radius 2 is 2.21 bits per heavy atom. The second-order valence-corrected chi connectivity index (χ2v) is 6.48. The van der Waals surface area contributed by atoms with Crippen LogP contribution in [0.4, 0.5) is 4.39 Å². The van der Waals surface area contributed by atoms with Crippen LogP contribution in [0.25, 0.3) is 11.1 Å². The van der Waals surface area contributed by atoms with Gasteiger partial charge in [-0.3, -0.25) is 4.79 Å². The summed E-state index contributed by atoms with van der Waals surface area (Å²) in [5.41, 5.74) is 4.49. The van der Waals surface area contributed by atoms with E-state index in [0.717, 1.165) is 5.52 Å². The van der Waals surface area contributed by atoms with E-state index in [1.165, 1.54) is 24.0 Å². The number of benzene rings is 2. The van der Waals surface area contributed by atoms with Crippen LogP contribution in [-0.4, -0.2) is 22.9 Å². The second-order valence-electron chi connectivity index (χ2n) is 4.70. The van der Waals surface area contributed by atoms with Crippen LogP contribution >= 0.6 is 27.7 Å². The average Bonchev–Trinajstić information content (AvgIpc) is 2.99. The van der Waals surface area contributed by atoms with Gasteiger partial charge in [-0.15, -0.1) is 0 Å². The highest BCUT2D eigenvalue weighted by atomic mass is 79.9. The van der Waals surface area contributed by atoms with Crippen molar-refractivity contribution in [3.63, 3.8) is 0 Å². The topological polar surface area (TPSA) is 67.5 Å². The molecule has 122 valence electrons. The molecule has 0 aliphatic carbocycles. The number of amides is 1. The quantitative estimate of drug-likeness (QED) is 0.394. The maximum absolute atomic E-state index is 13.1. The fourth-order valence-electron chi connectivity index (χ4n) is 1.84. The predicted octanol–water partition coefficient (Wildman–Crippen LogP) is 3.97. The highest BCUT2D eigenvalue weighted by molar-refractivity contribution is 9.10. The number of carbonyl (C=O) groups excluding carboxylic acids is 1. The van der Waals surface area contributed by atoms with Crippen molar-refractivity contribution in [3.05, 3.63) is 58.3 Å². The van der Waals surface area contributed by atoms with E-state index in [9.17, 15) is 9.18 Å². The van der Waals surface area contributed by atoms with Crippen molar-refractivity contribution in [1.29, 1.82) is 0 Å². The smallest absolute Gasteiger partial charge is 0.257 e. The number of aromatic nitrogens is 1. The standard InChI is InChI=1S/C16H11BrFN3O2S/c17-11-7-10(5-6-12(11)18)8-19-21-15(22)9-24-16-20-13-3-1-2-4-14(13)23-16/h1-8H,9H2,(H,21,22)/b19-8-. The first-order valence-electron chi connectivity index (χ1n) is 6.87. The first-order valence-corrected chi connectivity index (χ1v) is 8.65. The monoisotopic (exact) mass is 407 g/mol. The minimum absolute atomic E-state index is 0.122. The number of thioether (sulfide) groups is 1. The average molecular weight is 408 g/mol. The zero-order valence-electron chi connectivity index (χ0n) is 12.2. The van der Waals surface area contributed by atoms with Gasteiger partial charge in [0.2, 0.25) is 0 Å². The van der Waals surface area contributed by atoms with Crippen LogP contribution in [0.15, 0.2) is 61.7 Å². The number of hydrazone groups is 1. The van der Waals surface area contributed by atoms with Crippen molar-refractivity contribution in [3.8, 4) is 0 Å². The van der Waals surface area contributed by atoms with Crippen LogP contribution in [0, 0.1) is 5.82 Å². The van der Waals surface area contributed by atoms with E-state index in [2.05, 4.69) is 31.4 Å². The van der Waals surface area contributed by atoms with Gasteiger partial charge in [0.05, 0.1) is 16.4 Å². The summed E-state index contributed by atoms with van der Waals surface area (Å²) in [7, 11) is 0. The van der Waals surface area contributed by atoms with E-state index in [0.29, 0.717) is 20.8 Å². The summed E-state index contributed by atoms with van der Waals surface area (Å²) in [6, 6.07) is 11.8. The van der Waals surface area contributed by atoms with Gasteiger partial charge in [0.1, 0.15) is 11.3 Å². The van der Waals surface area contributed by atoms with E-state index in [1.807, 2.05) is 24.3 Å². The van der Waals surface area contributed by atoms with Gasteiger partial charge in [-0.25, -0.2) is 14.8 Å². The maximum atomic E-state index is 13.1. The lowest BCUT2D eigenvalue weighted by Crippen LogP contribution is -2.19. The molecule has 0 aliphatic heterocycles. The molecule has 0 aliphatic rings. The minimum Gasteiger partial charge on any atom is -0.431 e. The number of rotatable bonds is 5. The van der Waals surface area contributed by atoms with Gasteiger partial charge in [0.15, 0.2) is 5.58 Å². The van der Waals surface area contributed by atoms with Crippen molar-refractivity contribution in [2.24, 2.45) is 5.10 Å². The number of carbonyl (C=O) groups is 1. The second kappa shape index (κ2) is 7.59. The molecule has 0 fully saturated rings. The molecule has 0 atom stereocenters. The molecule has 24 heavy (non-hydrogen) atoms. The van der Waals surface area contributed by atoms with Crippen molar-refractivity contribution >= 4 is 50.9 Å². The number of halogens is 2. The van der Waals surface area contributed by atoms with Gasteiger partial charge in [0.25, 0.3) is 11.1 Å². The molecule has 0 radical (unpaired) electrons. The SMILES string of the molecule is O=C(CSc1nc2ccccc2o1)N/N=C\c1ccc(F)c(Br)c1. The summed E-state index contributed by atoms with van der Waals surface area (Å²) in [4.78, 5) is 16.0. The molecule has 3 aromatic rings. The molecule has 5 nitrogen and oxygen atoms in total. The Labute approximate surface area is 149 Å². The summed E-state index contributed by atoms with van der Waals surface area (Å²) >= 11 is 4.27. The van der Waals surface area contributed by atoms with E-state index in [4.69, 9.17) is 4.42 Å². The molecule has 2 aromatic carbocycles. The third-order valence-corrected chi connectivity index (χ3v) is 4.38. The lowest BCUT2D eigenvalue weighted by Gasteiger charge is -1.98. The number of nitrogens with one attached hydrogen (secondary N) is 1. The van der Waals surface area contributed by atoms with E-state index >= 15 is 0 Å². The van der Waals surface area contributed by atoms with Gasteiger partial charge in [-0.2, -0.15) is 5.10 Å². The summed E-state index contributed by atoms with van der Waals surface area (Å²) in [5.74, 6) is -0.525. The first kappa shape index (κ1) is 16.7. The van der Waals surface area contributed by atoms with Crippen molar-refractivity contribution in [2.75, 3.05) is 5.75 Å². The Morgan fingerprint density at radius 3 is 3.00 bits per heavy atom. The van der Waals surface area contributed by atoms with Crippen molar-refractivity contribution < 1.29 is 13.6 Å². The molecule has 0 spiro atoms. The van der Waals surface area contributed by atoms with Crippen molar-refractivity contribution in [1.82, 2.24) is 10.4 Å². The normalized spacial score (nSPS) is 11.2. The molecular formula is C16H11BrFN3O2S. The molecule has 0 saturated carbocycles. The molecule has 1 aromatic heterocycles. The fraction of sp³-hybridized carbons (Fsp3) is 0.0625. The van der Waals surface area contributed by atoms with E-state index in [1.54, 1.807) is 12.1 Å². The highest BCUT2D eigenvalue weighted by Crippen LogP contribution is 2.22. The summed E-state index contributed by atoms with van der Waals surface area (Å²) < 4.78 is 19.0. The summed E-state index contributed by atoms with van der Waals surface area (Å²) in [5, 5.41) is 4.26. The number of hydrogen-bond donors (Lipinski definition) is 1. The number of oxazole rings is 1. The molecule has 8 heteroatoms. The van der Waals surface area contributed by atoms with Crippen LogP contribution in [0.3, 0.4) is 0 Å². The van der Waals surface area contributed by atoms with Gasteiger partial charge in [-0.1, -0.05) is 30.0 Å². The highest BCUT2D eigenvalue weighted by Gasteiger charge is 2.08. The Hall–Kier alpha value is -2.19. The molecular weight excluding hydrogens is 397 g/mol. The van der Waals surface area contributed by atoms with Crippen LogP contribution in [0.2, 0.25) is 0 Å². The lowest BCUT2D eigenvalue weighted by molar-refractivity contribution is -0.118. The van der Waals surface area contributed by atoms with Gasteiger partial charge in [0, 0.05) is 0 Å². The third-order valence-electron chi connectivity index (χ3n) is 2.95. The van der Waals surface area contributed by atoms with E-state index < -0.39 is 0 Å². The van der Waals surface area contributed by atoms with E-state index in [-0.39, 0.29) is 17.5 Å². The molecule has 0 bridgehead atoms. The molecule has 0 saturated heterocycles. The minimum atomic E-state index is -0.356. The molecule has 0 unspecified atom stereocenters. The Morgan fingerprint density at radius 1 is 1.38 bits per heavy atom. The van der Waals surface area contributed by atoms with Crippen molar-refractivity contribution in [2.45, 2.75) is 5.22 Å². The predicted molar refractivity (Wildman–Crippen MR) is 94.6 cm³/mol. The molecule has 1 amide bonds. The number of fused-ring (bicyclic) bond motifs is 1. The number of para-hydroxylation sites is 2. The Kier molecular flexibility index (Phi) is 5.27.